The monoisotopic (exact) mass is 857 g/mol. The van der Waals surface area contributed by atoms with Gasteiger partial charge in [-0.25, -0.2) is 8.37 Å². The molecule has 0 spiro atoms. The van der Waals surface area contributed by atoms with Gasteiger partial charge in [0.25, 0.3) is 10.1 Å². The van der Waals surface area contributed by atoms with Crippen LogP contribution in [-0.4, -0.2) is 110 Å². The molecule has 17 nitrogen and oxygen atoms in total. The molecule has 56 heavy (non-hydrogen) atoms. The van der Waals surface area contributed by atoms with E-state index in [4.69, 9.17) is 18.2 Å². The molecular weight excluding hydrogens is 799 g/mol. The zero-order valence-corrected chi connectivity index (χ0v) is 35.1. The van der Waals surface area contributed by atoms with Gasteiger partial charge in [-0.15, -0.1) is 0 Å². The maximum absolute atomic E-state index is 12.7. The van der Waals surface area contributed by atoms with E-state index in [1.807, 2.05) is 13.0 Å². The third-order valence-corrected chi connectivity index (χ3v) is 15.5. The van der Waals surface area contributed by atoms with E-state index in [1.54, 1.807) is 6.92 Å². The fourth-order valence-corrected chi connectivity index (χ4v) is 12.2. The Kier molecular flexibility index (Phi) is 13.7. The minimum Gasteiger partial charge on any atom is -0.387 e. The van der Waals surface area contributed by atoms with Gasteiger partial charge >= 0.3 is 20.8 Å². The van der Waals surface area contributed by atoms with E-state index < -0.39 is 90.9 Å². The van der Waals surface area contributed by atoms with Gasteiger partial charge in [-0.1, -0.05) is 58.4 Å². The van der Waals surface area contributed by atoms with Crippen molar-refractivity contribution in [2.45, 2.75) is 129 Å². The highest BCUT2D eigenvalue weighted by Gasteiger charge is 2.61. The van der Waals surface area contributed by atoms with Gasteiger partial charge in [-0.3, -0.25) is 18.5 Å². The van der Waals surface area contributed by atoms with Crippen molar-refractivity contribution in [1.29, 1.82) is 0 Å². The molecule has 0 aromatic rings. The number of aliphatic hydroxyl groups is 2. The Morgan fingerprint density at radius 3 is 2.23 bits per heavy atom. The quantitative estimate of drug-likeness (QED) is 0.108. The molecule has 4 fully saturated rings. The lowest BCUT2D eigenvalue weighted by molar-refractivity contribution is -0.312. The molecule has 0 aromatic heterocycles. The number of allylic oxidation sites excluding steroid dienone is 4. The van der Waals surface area contributed by atoms with Crippen LogP contribution < -0.4 is 5.32 Å². The first-order valence-corrected chi connectivity index (χ1v) is 23.7. The van der Waals surface area contributed by atoms with E-state index >= 15 is 0 Å². The topological polar surface area (TPSA) is 270 Å². The van der Waals surface area contributed by atoms with Crippen molar-refractivity contribution < 1.29 is 71.8 Å². The lowest BCUT2D eigenvalue weighted by Gasteiger charge is -2.59. The number of hydrogen-bond acceptors (Lipinski definition) is 13. The predicted molar refractivity (Wildman–Crippen MR) is 201 cm³/mol. The Balaban J connectivity index is 1.36. The molecule has 1 aliphatic heterocycles. The second-order valence-electron chi connectivity index (χ2n) is 17.3. The van der Waals surface area contributed by atoms with Gasteiger partial charge in [0, 0.05) is 12.5 Å². The highest BCUT2D eigenvalue weighted by Crippen LogP contribution is 2.67. The minimum atomic E-state index is -4.99. The SMILES string of the molecule is C[C@H](/C=C/[C@@H](C)[C@@H](C)C(=O)NCCS(=O)(=O)O)[C@H]1CC[C@H]2[C@@H]3C[C@H](O[C@@H]4O[C@H](C)[C@@H](OS(=O)(=O)O)[C@H](O)[C@H]4O)[C@H]4C[C@@H](OS(=O)(=O)O)CC[C@]4(C)C3=CC[C@]12C. The zero-order valence-electron chi connectivity index (χ0n) is 32.6. The average Bonchev–Trinajstić information content (AvgIpc) is 3.43. The number of ether oxygens (including phenoxy) is 2. The molecule has 20 heteroatoms. The molecule has 1 saturated heterocycles. The molecule has 0 unspecified atom stereocenters. The number of hydrogen-bond donors (Lipinski definition) is 6. The predicted octanol–water partition coefficient (Wildman–Crippen LogP) is 2.87. The molecule has 0 radical (unpaired) electrons. The number of carbonyl (C=O) groups is 1. The van der Waals surface area contributed by atoms with Crippen LogP contribution in [0.3, 0.4) is 0 Å². The van der Waals surface area contributed by atoms with Crippen LogP contribution in [0.15, 0.2) is 23.8 Å². The number of aliphatic hydroxyl groups excluding tert-OH is 2. The number of fused-ring (bicyclic) bond motifs is 5. The minimum absolute atomic E-state index is 0.0456. The van der Waals surface area contributed by atoms with Crippen molar-refractivity contribution in [1.82, 2.24) is 5.32 Å². The summed E-state index contributed by atoms with van der Waals surface area (Å²) in [4.78, 5) is 12.7. The molecular formula is C36H59NO16S3. The second-order valence-corrected chi connectivity index (χ2v) is 20.9. The molecule has 3 saturated carbocycles. The highest BCUT2D eigenvalue weighted by molar-refractivity contribution is 7.85. The summed E-state index contributed by atoms with van der Waals surface area (Å²) in [7, 11) is -13.9. The molecule has 0 bridgehead atoms. The van der Waals surface area contributed by atoms with E-state index in [9.17, 15) is 49.4 Å². The van der Waals surface area contributed by atoms with E-state index in [0.29, 0.717) is 19.3 Å². The van der Waals surface area contributed by atoms with E-state index in [0.717, 1.165) is 19.3 Å². The summed E-state index contributed by atoms with van der Waals surface area (Å²) in [6.07, 6.45) is 1.59. The van der Waals surface area contributed by atoms with Crippen molar-refractivity contribution >= 4 is 36.8 Å². The second kappa shape index (κ2) is 16.8. The first-order valence-electron chi connectivity index (χ1n) is 19.3. The number of amides is 1. The summed E-state index contributed by atoms with van der Waals surface area (Å²) in [6, 6.07) is 0. The van der Waals surface area contributed by atoms with E-state index in [-0.39, 0.29) is 59.8 Å². The third kappa shape index (κ3) is 10.1. The van der Waals surface area contributed by atoms with Crippen molar-refractivity contribution in [3.8, 4) is 0 Å². The Hall–Kier alpha value is -1.56. The molecule has 1 amide bonds. The Morgan fingerprint density at radius 2 is 1.61 bits per heavy atom. The Morgan fingerprint density at radius 1 is 0.946 bits per heavy atom. The summed E-state index contributed by atoms with van der Waals surface area (Å²) in [6.45, 7) is 11.5. The van der Waals surface area contributed by atoms with Gasteiger partial charge in [0.1, 0.15) is 18.3 Å². The van der Waals surface area contributed by atoms with Gasteiger partial charge < -0.3 is 25.0 Å². The van der Waals surface area contributed by atoms with Gasteiger partial charge in [0.2, 0.25) is 5.91 Å². The summed E-state index contributed by atoms with van der Waals surface area (Å²) >= 11 is 0. The summed E-state index contributed by atoms with van der Waals surface area (Å²) in [5.41, 5.74) is 0.665. The molecule has 4 aliphatic carbocycles. The van der Waals surface area contributed by atoms with Crippen LogP contribution in [0.25, 0.3) is 0 Å². The lowest BCUT2D eigenvalue weighted by Crippen LogP contribution is -2.61. The van der Waals surface area contributed by atoms with Crippen molar-refractivity contribution in [3.63, 3.8) is 0 Å². The standard InChI is InChI=1S/C36H59NO16S3/c1-19(21(3)33(40)37-15-16-54(41,42)43)7-8-20(2)25-9-10-26-24-18-29(51-34-31(39)30(38)32(22(4)50-34)53-56(47,48)49)28-17-23(52-55(44,45)46)11-13-36(28,6)27(24)12-14-35(25,26)5/h7-8,12,19-26,28-32,34,38-39H,9-11,13-18H2,1-6H3,(H,37,40)(H,41,42,43)(H,44,45,46)(H,47,48,49)/b8-7+/t19-,20-,21-,22-,23+,24+,25-,26+,28-,29+,30-,31-,32-,34+,35-,36-/m1/s1. The molecule has 0 aromatic carbocycles. The number of carbonyl (C=O) groups excluding carboxylic acids is 1. The van der Waals surface area contributed by atoms with Crippen LogP contribution in [-0.2, 0) is 53.6 Å². The number of nitrogens with one attached hydrogen (secondary N) is 1. The van der Waals surface area contributed by atoms with Crippen LogP contribution in [0.5, 0.6) is 0 Å². The highest BCUT2D eigenvalue weighted by atomic mass is 32.3. The van der Waals surface area contributed by atoms with Gasteiger partial charge in [-0.05, 0) is 98.2 Å². The fourth-order valence-electron chi connectivity index (χ4n) is 10.7. The number of rotatable bonds is 14. The Bertz CT molecular complexity index is 1840. The molecule has 322 valence electrons. The van der Waals surface area contributed by atoms with Crippen molar-refractivity contribution in [2.75, 3.05) is 12.3 Å². The zero-order chi connectivity index (χ0) is 41.8. The van der Waals surface area contributed by atoms with Crippen LogP contribution in [0.4, 0.5) is 0 Å². The maximum atomic E-state index is 12.7. The van der Waals surface area contributed by atoms with Crippen molar-refractivity contribution in [2.24, 2.45) is 52.3 Å². The van der Waals surface area contributed by atoms with E-state index in [1.165, 1.54) is 12.5 Å². The van der Waals surface area contributed by atoms with Crippen LogP contribution in [0, 0.1) is 52.3 Å². The molecule has 5 rings (SSSR count). The van der Waals surface area contributed by atoms with Crippen molar-refractivity contribution in [3.05, 3.63) is 23.8 Å². The summed E-state index contributed by atoms with van der Waals surface area (Å²) in [5, 5.41) is 24.5. The maximum Gasteiger partial charge on any atom is 0.397 e. The van der Waals surface area contributed by atoms with Gasteiger partial charge in [0.15, 0.2) is 6.29 Å². The largest absolute Gasteiger partial charge is 0.397 e. The van der Waals surface area contributed by atoms with Crippen LogP contribution >= 0.6 is 0 Å². The third-order valence-electron chi connectivity index (χ3n) is 13.8. The Labute approximate surface area is 330 Å². The molecule has 16 atom stereocenters. The summed E-state index contributed by atoms with van der Waals surface area (Å²) in [5.74, 6) is -1.08. The van der Waals surface area contributed by atoms with E-state index in [2.05, 4.69) is 42.4 Å². The molecule has 1 heterocycles. The van der Waals surface area contributed by atoms with Crippen LogP contribution in [0.2, 0.25) is 0 Å². The molecule has 5 aliphatic rings. The van der Waals surface area contributed by atoms with Gasteiger partial charge in [-0.2, -0.15) is 25.3 Å². The first-order chi connectivity index (χ1) is 25.7. The molecule has 6 N–H and O–H groups in total. The van der Waals surface area contributed by atoms with Crippen LogP contribution in [0.1, 0.15) is 86.5 Å². The smallest absolute Gasteiger partial charge is 0.387 e. The first kappa shape index (κ1) is 45.5. The normalized spacial score (nSPS) is 40.8. The average molecular weight is 858 g/mol. The van der Waals surface area contributed by atoms with Gasteiger partial charge in [0.05, 0.1) is 24.1 Å². The summed E-state index contributed by atoms with van der Waals surface area (Å²) < 4.78 is 118. The lowest BCUT2D eigenvalue weighted by atomic mass is 9.47. The fraction of sp³-hybridized carbons (Fsp3) is 0.861.